The van der Waals surface area contributed by atoms with Gasteiger partial charge in [-0.3, -0.25) is 15.3 Å². The van der Waals surface area contributed by atoms with E-state index >= 15 is 0 Å². The first-order valence-electron chi connectivity index (χ1n) is 14.1. The standard InChI is InChI=1S/C28H42N2O5/c1-18(11-12-19-14-16-30-23(29)17-19)13-15-27-24(31)21-9-5-6-10-22(21)25(32)28(27,35-27)26(33)34-20-7-3-2-4-8-20/h13,19-23,30H,2-12,14-17,29H2,1H3/p+1/t19?,21?,22?,23?,27-,28-/m0/s1. The third kappa shape index (κ3) is 4.53. The Bertz CT molecular complexity index is 881. The Hall–Kier alpha value is -1.57. The minimum Gasteiger partial charge on any atom is -0.460 e. The summed E-state index contributed by atoms with van der Waals surface area (Å²) in [7, 11) is 0. The number of carbonyl (C=O) groups is 3. The summed E-state index contributed by atoms with van der Waals surface area (Å²) in [5.41, 5.74) is 4.20. The van der Waals surface area contributed by atoms with Gasteiger partial charge in [-0.05, 0) is 70.6 Å². The van der Waals surface area contributed by atoms with Crippen LogP contribution in [0.25, 0.3) is 0 Å². The van der Waals surface area contributed by atoms with Gasteiger partial charge in [0.1, 0.15) is 12.3 Å². The second-order valence-corrected chi connectivity index (χ2v) is 11.9. The molecule has 0 aromatic heterocycles. The highest BCUT2D eigenvalue weighted by molar-refractivity contribution is 6.23. The third-order valence-corrected chi connectivity index (χ3v) is 9.49. The van der Waals surface area contributed by atoms with E-state index in [1.54, 1.807) is 0 Å². The fourth-order valence-corrected chi connectivity index (χ4v) is 7.30. The van der Waals surface area contributed by atoms with Crippen LogP contribution in [0.15, 0.2) is 11.6 Å². The minimum atomic E-state index is -1.72. The molecule has 194 valence electrons. The molecule has 4 N–H and O–H groups in total. The van der Waals surface area contributed by atoms with Crippen LogP contribution < -0.4 is 11.1 Å². The van der Waals surface area contributed by atoms with Gasteiger partial charge in [0.25, 0.3) is 5.60 Å². The third-order valence-electron chi connectivity index (χ3n) is 9.49. The number of epoxide rings is 1. The van der Waals surface area contributed by atoms with Crippen LogP contribution in [-0.4, -0.2) is 47.6 Å². The molecule has 4 unspecified atom stereocenters. The molecule has 7 heteroatoms. The average molecular weight is 488 g/mol. The predicted octanol–water partition coefficient (Wildman–Crippen LogP) is 2.70. The molecule has 5 fully saturated rings. The van der Waals surface area contributed by atoms with E-state index in [2.05, 4.69) is 12.2 Å². The summed E-state index contributed by atoms with van der Waals surface area (Å²) in [5.74, 6) is -0.933. The molecule has 2 saturated heterocycles. The van der Waals surface area contributed by atoms with Crippen molar-refractivity contribution in [1.82, 2.24) is 0 Å². The molecule has 2 aliphatic heterocycles. The zero-order valence-corrected chi connectivity index (χ0v) is 21.3. The van der Waals surface area contributed by atoms with Crippen molar-refractivity contribution in [3.8, 4) is 0 Å². The number of quaternary nitrogens is 1. The molecule has 5 rings (SSSR count). The highest BCUT2D eigenvalue weighted by Gasteiger charge is 2.87. The molecular formula is C28H43N2O5+. The smallest absolute Gasteiger partial charge is 0.350 e. The first-order chi connectivity index (χ1) is 16.9. The molecule has 0 amide bonds. The van der Waals surface area contributed by atoms with E-state index in [0.717, 1.165) is 77.2 Å². The number of Topliss-reactive ketones (excluding diaryl/α,β-unsaturated/α-hetero) is 2. The second-order valence-electron chi connectivity index (χ2n) is 11.9. The molecule has 7 nitrogen and oxygen atoms in total. The fraction of sp³-hybridized carbons (Fsp3) is 0.821. The number of carbonyl (C=O) groups excluding carboxylic acids is 3. The normalized spacial score (nSPS) is 40.1. The molecule has 0 radical (unpaired) electrons. The average Bonchev–Trinajstić information content (AvgIpc) is 3.58. The number of ether oxygens (including phenoxy) is 2. The van der Waals surface area contributed by atoms with Gasteiger partial charge in [-0.2, -0.15) is 0 Å². The van der Waals surface area contributed by atoms with Crippen LogP contribution in [-0.2, 0) is 23.9 Å². The van der Waals surface area contributed by atoms with Gasteiger partial charge >= 0.3 is 5.97 Å². The molecule has 5 aliphatic rings. The van der Waals surface area contributed by atoms with Crippen LogP contribution in [0.3, 0.4) is 0 Å². The predicted molar refractivity (Wildman–Crippen MR) is 130 cm³/mol. The zero-order chi connectivity index (χ0) is 24.6. The molecule has 0 bridgehead atoms. The Kier molecular flexibility index (Phi) is 7.21. The molecule has 6 atom stereocenters. The van der Waals surface area contributed by atoms with E-state index in [4.69, 9.17) is 15.2 Å². The van der Waals surface area contributed by atoms with Gasteiger partial charge in [-0.25, -0.2) is 4.79 Å². The van der Waals surface area contributed by atoms with E-state index < -0.39 is 23.1 Å². The maximum Gasteiger partial charge on any atom is 0.350 e. The fourth-order valence-electron chi connectivity index (χ4n) is 7.30. The Morgan fingerprint density at radius 2 is 1.74 bits per heavy atom. The van der Waals surface area contributed by atoms with Gasteiger partial charge in [-0.1, -0.05) is 30.9 Å². The lowest BCUT2D eigenvalue weighted by molar-refractivity contribution is -0.699. The quantitative estimate of drug-likeness (QED) is 0.247. The molecule has 35 heavy (non-hydrogen) atoms. The Morgan fingerprint density at radius 1 is 1.06 bits per heavy atom. The lowest BCUT2D eigenvalue weighted by atomic mass is 9.61. The molecule has 0 spiro atoms. The number of hydrogen-bond acceptors (Lipinski definition) is 6. The lowest BCUT2D eigenvalue weighted by Gasteiger charge is -2.37. The molecule has 0 aromatic rings. The van der Waals surface area contributed by atoms with Crippen LogP contribution in [0, 0.1) is 17.8 Å². The van der Waals surface area contributed by atoms with Crippen LogP contribution in [0.5, 0.6) is 0 Å². The summed E-state index contributed by atoms with van der Waals surface area (Å²) >= 11 is 0. The topological polar surface area (TPSA) is 116 Å². The Balaban J connectivity index is 1.32. The van der Waals surface area contributed by atoms with Gasteiger partial charge in [0, 0.05) is 24.7 Å². The maximum absolute atomic E-state index is 13.8. The van der Waals surface area contributed by atoms with Crippen molar-refractivity contribution in [3.05, 3.63) is 11.6 Å². The maximum atomic E-state index is 13.8. The highest BCUT2D eigenvalue weighted by Crippen LogP contribution is 2.61. The minimum absolute atomic E-state index is 0.0414. The summed E-state index contributed by atoms with van der Waals surface area (Å²) in [6.07, 6.45) is 14.7. The summed E-state index contributed by atoms with van der Waals surface area (Å²) in [6, 6.07) is 0. The number of piperidine rings is 1. The van der Waals surface area contributed by atoms with Gasteiger partial charge in [0.05, 0.1) is 6.54 Å². The monoisotopic (exact) mass is 487 g/mol. The second kappa shape index (κ2) is 10.1. The summed E-state index contributed by atoms with van der Waals surface area (Å²) < 4.78 is 12.0. The molecular weight excluding hydrogens is 444 g/mol. The first kappa shape index (κ1) is 25.1. The number of hydrogen-bond donors (Lipinski definition) is 2. The van der Waals surface area contributed by atoms with E-state index in [1.807, 2.05) is 6.08 Å². The van der Waals surface area contributed by atoms with Crippen LogP contribution in [0.1, 0.15) is 96.8 Å². The van der Waals surface area contributed by atoms with Crippen molar-refractivity contribution in [2.75, 3.05) is 6.54 Å². The summed E-state index contributed by atoms with van der Waals surface area (Å²) in [6.45, 7) is 3.16. The van der Waals surface area contributed by atoms with Gasteiger partial charge in [0.2, 0.25) is 0 Å². The highest BCUT2D eigenvalue weighted by atomic mass is 16.7. The summed E-state index contributed by atoms with van der Waals surface area (Å²) in [4.78, 5) is 41.1. The van der Waals surface area contributed by atoms with Crippen molar-refractivity contribution in [2.24, 2.45) is 23.5 Å². The number of allylic oxidation sites excluding steroid dienone is 1. The van der Waals surface area contributed by atoms with Crippen molar-refractivity contribution in [2.45, 2.75) is 120 Å². The lowest BCUT2D eigenvalue weighted by Crippen LogP contribution is -2.94. The van der Waals surface area contributed by atoms with Crippen molar-refractivity contribution in [3.63, 3.8) is 0 Å². The van der Waals surface area contributed by atoms with Crippen LogP contribution >= 0.6 is 0 Å². The SMILES string of the molecule is CC(=CC[C@@]12O[C@]1(C(=O)OC1CCCCC1)C(=O)C1CCCCC1C2=O)CCC1CC[NH2+]C(N)C1. The van der Waals surface area contributed by atoms with Crippen molar-refractivity contribution in [1.29, 1.82) is 0 Å². The van der Waals surface area contributed by atoms with Crippen LogP contribution in [0.2, 0.25) is 0 Å². The molecule has 2 heterocycles. The first-order valence-corrected chi connectivity index (χ1v) is 14.1. The van der Waals surface area contributed by atoms with Crippen molar-refractivity contribution < 1.29 is 29.2 Å². The van der Waals surface area contributed by atoms with Gasteiger partial charge in [0.15, 0.2) is 17.2 Å². The zero-order valence-electron chi connectivity index (χ0n) is 21.3. The van der Waals surface area contributed by atoms with E-state index in [1.165, 1.54) is 12.0 Å². The molecule has 3 aliphatic carbocycles. The Labute approximate surface area is 208 Å². The van der Waals surface area contributed by atoms with Crippen molar-refractivity contribution >= 4 is 17.5 Å². The number of rotatable bonds is 7. The number of ketones is 2. The Morgan fingerprint density at radius 3 is 2.46 bits per heavy atom. The largest absolute Gasteiger partial charge is 0.460 e. The number of esters is 1. The number of nitrogens with two attached hydrogens (primary N) is 2. The van der Waals surface area contributed by atoms with E-state index in [9.17, 15) is 14.4 Å². The van der Waals surface area contributed by atoms with Gasteiger partial charge < -0.3 is 14.8 Å². The molecule has 3 saturated carbocycles. The van der Waals surface area contributed by atoms with Crippen LogP contribution in [0.4, 0.5) is 0 Å². The molecule has 0 aromatic carbocycles. The van der Waals surface area contributed by atoms with Gasteiger partial charge in [-0.15, -0.1) is 0 Å². The van der Waals surface area contributed by atoms with E-state index in [-0.39, 0.29) is 36.2 Å². The summed E-state index contributed by atoms with van der Waals surface area (Å²) in [5, 5.41) is 2.21. The van der Waals surface area contributed by atoms with E-state index in [0.29, 0.717) is 12.3 Å². The number of fused-ring (bicyclic) bond motifs is 2.